The lowest BCUT2D eigenvalue weighted by atomic mass is 10.3. The van der Waals surface area contributed by atoms with Crippen molar-refractivity contribution in [2.24, 2.45) is 0 Å². The first-order chi connectivity index (χ1) is 11.5. The summed E-state index contributed by atoms with van der Waals surface area (Å²) in [5.74, 6) is -1.23. The third kappa shape index (κ3) is 12.0. The van der Waals surface area contributed by atoms with Crippen molar-refractivity contribution < 1.29 is 37.2 Å². The Kier molecular flexibility index (Phi) is 13.1. The molecule has 0 rings (SSSR count). The minimum absolute atomic E-state index is 0.123. The van der Waals surface area contributed by atoms with E-state index in [0.29, 0.717) is 6.42 Å². The van der Waals surface area contributed by atoms with Crippen molar-refractivity contribution in [3.8, 4) is 0 Å². The average molecular weight is 364 g/mol. The van der Waals surface area contributed by atoms with Crippen LogP contribution in [0.1, 0.15) is 26.2 Å². The molecule has 0 bridgehead atoms. The zero-order chi connectivity index (χ0) is 18.3. The fraction of sp³-hybridized carbons (Fsp3) is 0.600. The van der Waals surface area contributed by atoms with Crippen LogP contribution in [0.15, 0.2) is 25.3 Å². The lowest BCUT2D eigenvalue weighted by Gasteiger charge is -2.18. The van der Waals surface area contributed by atoms with E-state index in [4.69, 9.17) is 23.0 Å². The molecular formula is C15H25O8P. The standard InChI is InChI=1S/C15H25O8P/c1-4-7-8-9-21-24(18,22-12-10-19-14(16)5-2)23-13-11-20-15(17)6-3/h5-6H,2-4,7-13H2,1H3. The van der Waals surface area contributed by atoms with Gasteiger partial charge in [0.1, 0.15) is 13.2 Å². The molecule has 0 spiro atoms. The molecule has 8 nitrogen and oxygen atoms in total. The summed E-state index contributed by atoms with van der Waals surface area (Å²) in [5, 5.41) is 0. The topological polar surface area (TPSA) is 97.4 Å². The third-order valence-corrected chi connectivity index (χ3v) is 3.98. The molecule has 0 heterocycles. The van der Waals surface area contributed by atoms with Crippen molar-refractivity contribution in [2.45, 2.75) is 26.2 Å². The molecule has 24 heavy (non-hydrogen) atoms. The van der Waals surface area contributed by atoms with Gasteiger partial charge in [-0.1, -0.05) is 32.9 Å². The second-order valence-electron chi connectivity index (χ2n) is 4.40. The summed E-state index contributed by atoms with van der Waals surface area (Å²) in [4.78, 5) is 21.8. The molecule has 138 valence electrons. The monoisotopic (exact) mass is 364 g/mol. The summed E-state index contributed by atoms with van der Waals surface area (Å²) in [7, 11) is -3.83. The Morgan fingerprint density at radius 3 is 1.71 bits per heavy atom. The van der Waals surface area contributed by atoms with Gasteiger partial charge < -0.3 is 9.47 Å². The van der Waals surface area contributed by atoms with Gasteiger partial charge in [-0.2, -0.15) is 0 Å². The Morgan fingerprint density at radius 1 is 0.833 bits per heavy atom. The molecule has 0 aromatic heterocycles. The summed E-state index contributed by atoms with van der Waals surface area (Å²) < 4.78 is 37.2. The van der Waals surface area contributed by atoms with Crippen LogP contribution >= 0.6 is 7.82 Å². The second kappa shape index (κ2) is 13.9. The van der Waals surface area contributed by atoms with Crippen LogP contribution in [0.2, 0.25) is 0 Å². The molecule has 0 aliphatic heterocycles. The van der Waals surface area contributed by atoms with Crippen LogP contribution in [0.25, 0.3) is 0 Å². The molecule has 0 amide bonds. The van der Waals surface area contributed by atoms with E-state index in [2.05, 4.69) is 13.2 Å². The SMILES string of the molecule is C=CC(=O)OCCOP(=O)(OCCCCC)OCCOC(=O)C=C. The van der Waals surface area contributed by atoms with Crippen LogP contribution in [0, 0.1) is 0 Å². The van der Waals surface area contributed by atoms with Gasteiger partial charge in [-0.05, 0) is 6.42 Å². The molecule has 0 aromatic rings. The minimum atomic E-state index is -3.83. The van der Waals surface area contributed by atoms with Gasteiger partial charge in [0.2, 0.25) is 0 Å². The summed E-state index contributed by atoms with van der Waals surface area (Å²) in [6.45, 7) is 8.13. The van der Waals surface area contributed by atoms with Gasteiger partial charge in [0.05, 0.1) is 19.8 Å². The number of unbranched alkanes of at least 4 members (excludes halogenated alkanes) is 2. The predicted octanol–water partition coefficient (Wildman–Crippen LogP) is 2.79. The van der Waals surface area contributed by atoms with E-state index < -0.39 is 19.8 Å². The van der Waals surface area contributed by atoms with Crippen molar-refractivity contribution in [1.29, 1.82) is 0 Å². The molecule has 0 saturated carbocycles. The normalized spacial score (nSPS) is 10.9. The van der Waals surface area contributed by atoms with Crippen molar-refractivity contribution in [1.82, 2.24) is 0 Å². The Bertz CT molecular complexity index is 417. The molecular weight excluding hydrogens is 339 g/mol. The van der Waals surface area contributed by atoms with Crippen LogP contribution in [-0.4, -0.2) is 45.0 Å². The summed E-state index contributed by atoms with van der Waals surface area (Å²) >= 11 is 0. The highest BCUT2D eigenvalue weighted by molar-refractivity contribution is 7.48. The molecule has 0 aliphatic carbocycles. The summed E-state index contributed by atoms with van der Waals surface area (Å²) in [6, 6.07) is 0. The molecule has 0 aliphatic rings. The number of esters is 2. The van der Waals surface area contributed by atoms with Crippen molar-refractivity contribution in [3.05, 3.63) is 25.3 Å². The third-order valence-electron chi connectivity index (χ3n) is 2.48. The lowest BCUT2D eigenvalue weighted by molar-refractivity contribution is -0.139. The van der Waals surface area contributed by atoms with Crippen LogP contribution < -0.4 is 0 Å². The first kappa shape index (κ1) is 22.5. The number of hydrogen-bond acceptors (Lipinski definition) is 8. The smallest absolute Gasteiger partial charge is 0.460 e. The van der Waals surface area contributed by atoms with E-state index in [1.165, 1.54) is 0 Å². The molecule has 0 fully saturated rings. The van der Waals surface area contributed by atoms with Crippen LogP contribution in [-0.2, 0) is 37.2 Å². The van der Waals surface area contributed by atoms with Gasteiger partial charge in [0, 0.05) is 12.2 Å². The van der Waals surface area contributed by atoms with Gasteiger partial charge in [-0.3, -0.25) is 13.6 Å². The zero-order valence-corrected chi connectivity index (χ0v) is 14.8. The Labute approximate surface area is 142 Å². The Balaban J connectivity index is 4.28. The van der Waals surface area contributed by atoms with E-state index in [-0.39, 0.29) is 33.0 Å². The highest BCUT2D eigenvalue weighted by atomic mass is 31.2. The van der Waals surface area contributed by atoms with Gasteiger partial charge in [0.25, 0.3) is 0 Å². The average Bonchev–Trinajstić information content (AvgIpc) is 2.59. The first-order valence-corrected chi connectivity index (χ1v) is 9.05. The van der Waals surface area contributed by atoms with Gasteiger partial charge in [0.15, 0.2) is 0 Å². The van der Waals surface area contributed by atoms with Gasteiger partial charge in [-0.25, -0.2) is 14.2 Å². The van der Waals surface area contributed by atoms with Crippen LogP contribution in [0.3, 0.4) is 0 Å². The van der Waals surface area contributed by atoms with E-state index in [0.717, 1.165) is 25.0 Å². The Morgan fingerprint density at radius 2 is 1.29 bits per heavy atom. The van der Waals surface area contributed by atoms with E-state index in [9.17, 15) is 14.2 Å². The maximum absolute atomic E-state index is 12.4. The molecule has 0 aromatic carbocycles. The fourth-order valence-corrected chi connectivity index (χ4v) is 2.51. The van der Waals surface area contributed by atoms with E-state index >= 15 is 0 Å². The van der Waals surface area contributed by atoms with Crippen LogP contribution in [0.4, 0.5) is 0 Å². The van der Waals surface area contributed by atoms with Crippen molar-refractivity contribution >= 4 is 19.8 Å². The summed E-state index contributed by atoms with van der Waals surface area (Å²) in [6.07, 6.45) is 4.60. The first-order valence-electron chi connectivity index (χ1n) is 7.59. The molecule has 0 atom stereocenters. The van der Waals surface area contributed by atoms with E-state index in [1.807, 2.05) is 6.92 Å². The predicted molar refractivity (Wildman–Crippen MR) is 87.3 cm³/mol. The Hall–Kier alpha value is -1.47. The molecule has 0 N–H and O–H groups in total. The van der Waals surface area contributed by atoms with Crippen molar-refractivity contribution in [2.75, 3.05) is 33.0 Å². The molecule has 0 unspecified atom stereocenters. The highest BCUT2D eigenvalue weighted by Gasteiger charge is 2.26. The highest BCUT2D eigenvalue weighted by Crippen LogP contribution is 2.49. The number of rotatable bonds is 15. The lowest BCUT2D eigenvalue weighted by Crippen LogP contribution is -2.12. The van der Waals surface area contributed by atoms with Crippen molar-refractivity contribution in [3.63, 3.8) is 0 Å². The maximum atomic E-state index is 12.4. The largest absolute Gasteiger partial charge is 0.475 e. The number of phosphoric ester groups is 1. The zero-order valence-electron chi connectivity index (χ0n) is 13.9. The quantitative estimate of drug-likeness (QED) is 0.189. The fourth-order valence-electron chi connectivity index (χ4n) is 1.34. The number of ether oxygens (including phenoxy) is 2. The molecule has 0 saturated heterocycles. The van der Waals surface area contributed by atoms with Crippen LogP contribution in [0.5, 0.6) is 0 Å². The number of phosphoric acid groups is 1. The van der Waals surface area contributed by atoms with E-state index in [1.54, 1.807) is 0 Å². The van der Waals surface area contributed by atoms with Gasteiger partial charge >= 0.3 is 19.8 Å². The molecule has 9 heteroatoms. The molecule has 0 radical (unpaired) electrons. The summed E-state index contributed by atoms with van der Waals surface area (Å²) in [5.41, 5.74) is 0. The number of carbonyl (C=O) groups is 2. The number of carbonyl (C=O) groups excluding carboxylic acids is 2. The minimum Gasteiger partial charge on any atom is -0.460 e. The van der Waals surface area contributed by atoms with Gasteiger partial charge in [-0.15, -0.1) is 0 Å². The second-order valence-corrected chi connectivity index (χ2v) is 6.07. The number of hydrogen-bond donors (Lipinski definition) is 0. The maximum Gasteiger partial charge on any atom is 0.475 e.